The van der Waals surface area contributed by atoms with Gasteiger partial charge in [-0.05, 0) is 55.9 Å². The number of hydrogen-bond donors (Lipinski definition) is 1. The highest BCUT2D eigenvalue weighted by Gasteiger charge is 2.34. The number of likely N-dealkylation sites (tertiary alicyclic amines) is 1. The maximum atomic E-state index is 13.2. The molecule has 1 aromatic carbocycles. The topological polar surface area (TPSA) is 71.4 Å². The van der Waals surface area contributed by atoms with Crippen LogP contribution in [0.3, 0.4) is 0 Å². The molecule has 0 radical (unpaired) electrons. The number of rotatable bonds is 5. The zero-order valence-electron chi connectivity index (χ0n) is 19.5. The van der Waals surface area contributed by atoms with Crippen molar-refractivity contribution in [1.29, 1.82) is 0 Å². The van der Waals surface area contributed by atoms with Crippen molar-refractivity contribution in [2.45, 2.75) is 71.9 Å². The first-order chi connectivity index (χ1) is 15.2. The maximum Gasteiger partial charge on any atom is 0.292 e. The van der Waals surface area contributed by atoms with E-state index in [0.717, 1.165) is 56.1 Å². The Morgan fingerprint density at radius 2 is 1.78 bits per heavy atom. The number of Topliss-reactive ketones (excluding diaryl/α,β-unsaturated/α-hetero) is 1. The van der Waals surface area contributed by atoms with Crippen LogP contribution >= 0.6 is 0 Å². The Hall–Kier alpha value is -2.63. The number of benzene rings is 1. The molecule has 172 valence electrons. The van der Waals surface area contributed by atoms with Gasteiger partial charge in [0.2, 0.25) is 5.91 Å². The molecule has 1 saturated carbocycles. The number of carbonyl (C=O) groups is 3. The van der Waals surface area contributed by atoms with E-state index in [1.165, 1.54) is 6.42 Å². The minimum atomic E-state index is -0.551. The third kappa shape index (κ3) is 4.89. The lowest BCUT2D eigenvalue weighted by Crippen LogP contribution is -2.45. The van der Waals surface area contributed by atoms with Gasteiger partial charge in [-0.2, -0.15) is 0 Å². The summed E-state index contributed by atoms with van der Waals surface area (Å²) in [5, 5.41) is 3.72. The molecule has 6 heteroatoms. The Bertz CT molecular complexity index is 1020. The molecule has 1 N–H and O–H groups in total. The Labute approximate surface area is 190 Å². The molecule has 2 fully saturated rings. The normalized spacial score (nSPS) is 23.2. The molecule has 1 saturated heterocycles. The molecule has 6 nitrogen and oxygen atoms in total. The molecular weight excluding hydrogens is 402 g/mol. The number of aromatic nitrogens is 1. The van der Waals surface area contributed by atoms with Crippen molar-refractivity contribution < 1.29 is 14.4 Å². The van der Waals surface area contributed by atoms with E-state index in [-0.39, 0.29) is 23.9 Å². The van der Waals surface area contributed by atoms with Gasteiger partial charge in [0.15, 0.2) is 0 Å². The first-order valence-corrected chi connectivity index (χ1v) is 11.9. The fourth-order valence-corrected chi connectivity index (χ4v) is 5.78. The number of carbonyl (C=O) groups excluding carboxylic acids is 3. The maximum absolute atomic E-state index is 13.2. The smallest absolute Gasteiger partial charge is 0.292 e. The van der Waals surface area contributed by atoms with E-state index in [2.05, 4.69) is 26.1 Å². The first kappa shape index (κ1) is 22.6. The average molecular weight is 438 g/mol. The molecule has 0 bridgehead atoms. The largest absolute Gasteiger partial charge is 0.346 e. The van der Waals surface area contributed by atoms with Crippen LogP contribution < -0.4 is 5.32 Å². The Kier molecular flexibility index (Phi) is 6.40. The second kappa shape index (κ2) is 9.08. The van der Waals surface area contributed by atoms with E-state index in [4.69, 9.17) is 0 Å². The lowest BCUT2D eigenvalue weighted by atomic mass is 9.70. The van der Waals surface area contributed by atoms with Crippen molar-refractivity contribution in [3.63, 3.8) is 0 Å². The van der Waals surface area contributed by atoms with Crippen LogP contribution in [-0.2, 0) is 16.1 Å². The summed E-state index contributed by atoms with van der Waals surface area (Å²) >= 11 is 0. The third-order valence-corrected chi connectivity index (χ3v) is 6.98. The van der Waals surface area contributed by atoms with E-state index in [9.17, 15) is 14.4 Å². The zero-order chi connectivity index (χ0) is 22.9. The standard InChI is InChI=1S/C26H35N3O3/c1-18-13-19(15-26(2,3)14-18)27-25(32)24(31)21-16-29(22-10-6-5-9-20(21)22)17-23(30)28-11-7-4-8-12-28/h5-6,9-10,16,18-19H,4,7-8,11-15,17H2,1-3H3,(H,27,32)/t18-,19-/m0/s1. The van der Waals surface area contributed by atoms with Crippen LogP contribution in [0.25, 0.3) is 10.9 Å². The molecule has 2 heterocycles. The number of amides is 2. The quantitative estimate of drug-likeness (QED) is 0.564. The van der Waals surface area contributed by atoms with Gasteiger partial charge in [-0.1, -0.05) is 39.0 Å². The molecule has 1 aromatic heterocycles. The van der Waals surface area contributed by atoms with Gasteiger partial charge in [0.05, 0.1) is 5.56 Å². The van der Waals surface area contributed by atoms with Crippen molar-refractivity contribution in [3.8, 4) is 0 Å². The fourth-order valence-electron chi connectivity index (χ4n) is 5.78. The molecule has 0 unspecified atom stereocenters. The van der Waals surface area contributed by atoms with Gasteiger partial charge >= 0.3 is 0 Å². The molecular formula is C26H35N3O3. The summed E-state index contributed by atoms with van der Waals surface area (Å²) in [6.45, 7) is 8.41. The monoisotopic (exact) mass is 437 g/mol. The van der Waals surface area contributed by atoms with Crippen LogP contribution in [0.2, 0.25) is 0 Å². The van der Waals surface area contributed by atoms with Gasteiger partial charge in [-0.3, -0.25) is 14.4 Å². The van der Waals surface area contributed by atoms with Gasteiger partial charge in [0, 0.05) is 36.2 Å². The van der Waals surface area contributed by atoms with Crippen LogP contribution in [0.15, 0.2) is 30.5 Å². The minimum absolute atomic E-state index is 0.0132. The summed E-state index contributed by atoms with van der Waals surface area (Å²) in [6.07, 6.45) is 7.84. The summed E-state index contributed by atoms with van der Waals surface area (Å²) in [6, 6.07) is 7.52. The molecule has 0 spiro atoms. The fraction of sp³-hybridized carbons (Fsp3) is 0.577. The molecule has 32 heavy (non-hydrogen) atoms. The van der Waals surface area contributed by atoms with Crippen LogP contribution in [0.5, 0.6) is 0 Å². The highest BCUT2D eigenvalue weighted by molar-refractivity contribution is 6.45. The van der Waals surface area contributed by atoms with Crippen LogP contribution in [0, 0.1) is 11.3 Å². The van der Waals surface area contributed by atoms with Crippen molar-refractivity contribution in [2.24, 2.45) is 11.3 Å². The number of nitrogens with zero attached hydrogens (tertiary/aromatic N) is 2. The Morgan fingerprint density at radius 3 is 2.50 bits per heavy atom. The predicted molar refractivity (Wildman–Crippen MR) is 125 cm³/mol. The summed E-state index contributed by atoms with van der Waals surface area (Å²) in [7, 11) is 0. The van der Waals surface area contributed by atoms with Crippen LogP contribution in [0.4, 0.5) is 0 Å². The Morgan fingerprint density at radius 1 is 1.06 bits per heavy atom. The third-order valence-electron chi connectivity index (χ3n) is 6.98. The van der Waals surface area contributed by atoms with E-state index in [1.54, 1.807) is 6.20 Å². The second-order valence-corrected chi connectivity index (χ2v) is 10.5. The lowest BCUT2D eigenvalue weighted by molar-refractivity contribution is -0.132. The van der Waals surface area contributed by atoms with Gasteiger partial charge < -0.3 is 14.8 Å². The van der Waals surface area contributed by atoms with E-state index >= 15 is 0 Å². The molecule has 1 aliphatic carbocycles. The zero-order valence-corrected chi connectivity index (χ0v) is 19.5. The summed E-state index contributed by atoms with van der Waals surface area (Å²) < 4.78 is 1.82. The summed E-state index contributed by atoms with van der Waals surface area (Å²) in [5.74, 6) is -0.499. The predicted octanol–water partition coefficient (Wildman–Crippen LogP) is 4.17. The Balaban J connectivity index is 1.52. The number of fused-ring (bicyclic) bond motifs is 1. The van der Waals surface area contributed by atoms with E-state index in [1.807, 2.05) is 33.7 Å². The van der Waals surface area contributed by atoms with Crippen molar-refractivity contribution >= 4 is 28.5 Å². The molecule has 2 amide bonds. The number of piperidine rings is 1. The highest BCUT2D eigenvalue weighted by atomic mass is 16.2. The van der Waals surface area contributed by atoms with Gasteiger partial charge in [-0.25, -0.2) is 0 Å². The second-order valence-electron chi connectivity index (χ2n) is 10.5. The summed E-state index contributed by atoms with van der Waals surface area (Å²) in [5.41, 5.74) is 1.33. The van der Waals surface area contributed by atoms with E-state index < -0.39 is 11.7 Å². The van der Waals surface area contributed by atoms with Crippen molar-refractivity contribution in [2.75, 3.05) is 13.1 Å². The SMILES string of the molecule is C[C@H]1C[C@H](NC(=O)C(=O)c2cn(CC(=O)N3CCCCC3)c3ccccc23)CC(C)(C)C1. The van der Waals surface area contributed by atoms with E-state index in [0.29, 0.717) is 11.5 Å². The molecule has 2 aromatic rings. The van der Waals surface area contributed by atoms with Gasteiger partial charge in [-0.15, -0.1) is 0 Å². The summed E-state index contributed by atoms with van der Waals surface area (Å²) in [4.78, 5) is 40.8. The number of nitrogens with one attached hydrogen (secondary N) is 1. The number of hydrogen-bond acceptors (Lipinski definition) is 3. The number of para-hydroxylation sites is 1. The average Bonchev–Trinajstić information content (AvgIpc) is 3.10. The van der Waals surface area contributed by atoms with Crippen molar-refractivity contribution in [3.05, 3.63) is 36.0 Å². The number of ketones is 1. The molecule has 1 aliphatic heterocycles. The molecule has 2 aliphatic rings. The van der Waals surface area contributed by atoms with Crippen LogP contribution in [0.1, 0.15) is 69.7 Å². The minimum Gasteiger partial charge on any atom is -0.346 e. The first-order valence-electron chi connectivity index (χ1n) is 11.9. The van der Waals surface area contributed by atoms with Crippen LogP contribution in [-0.4, -0.2) is 46.2 Å². The van der Waals surface area contributed by atoms with Gasteiger partial charge in [0.1, 0.15) is 6.54 Å². The lowest BCUT2D eigenvalue weighted by Gasteiger charge is -2.39. The molecule has 2 atom stereocenters. The van der Waals surface area contributed by atoms with Gasteiger partial charge in [0.25, 0.3) is 11.7 Å². The highest BCUT2D eigenvalue weighted by Crippen LogP contribution is 2.38. The molecule has 4 rings (SSSR count). The van der Waals surface area contributed by atoms with Crippen molar-refractivity contribution in [1.82, 2.24) is 14.8 Å².